The normalized spacial score (nSPS) is 18.8. The molecule has 11 nitrogen and oxygen atoms in total. The number of benzene rings is 5. The quantitative estimate of drug-likeness (QED) is 0.0928. The van der Waals surface area contributed by atoms with E-state index in [1.54, 1.807) is 30.2 Å². The molecule has 0 spiro atoms. The number of nitrogens with one attached hydrogen (secondary N) is 2. The molecule has 1 saturated heterocycles. The van der Waals surface area contributed by atoms with E-state index in [1.165, 1.54) is 12.1 Å². The minimum absolute atomic E-state index is 0.0257. The summed E-state index contributed by atoms with van der Waals surface area (Å²) in [7, 11) is -2.04. The first-order valence-electron chi connectivity index (χ1n) is 19.1. The Morgan fingerprint density at radius 1 is 0.845 bits per heavy atom. The van der Waals surface area contributed by atoms with Crippen molar-refractivity contribution < 1.29 is 27.8 Å². The van der Waals surface area contributed by atoms with Crippen molar-refractivity contribution in [3.8, 4) is 11.1 Å². The zero-order valence-electron chi connectivity index (χ0n) is 32.6. The second-order valence-electron chi connectivity index (χ2n) is 14.6. The molecule has 3 N–H and O–H groups in total. The van der Waals surface area contributed by atoms with E-state index in [2.05, 4.69) is 27.2 Å². The third kappa shape index (κ3) is 10.1. The van der Waals surface area contributed by atoms with E-state index < -0.39 is 28.3 Å². The standard InChI is InChI=1S/C45H47N5O6S2/c1-30-12-22-39(23-13-30)58(53,54)49-40(25-32-8-5-4-6-9-32)43(52)46-26-34-10-7-11-38(24-34)35-18-20-37(21-19-35)44-55-41(28-57-45-48-47-29-50(45)3)31(2)42(56-44)36-16-14-33(27-51)15-17-36/h4-24,29,31,40-42,44,49,51H,25-28H2,1-3H3,(H,46,52)/t31-,40+,41+,42+,44+/m0/s1. The average Bonchev–Trinajstić information content (AvgIpc) is 3.66. The number of nitrogens with zero attached hydrogens (tertiary/aromatic N) is 3. The topological polar surface area (TPSA) is 145 Å². The molecular formula is C45H47N5O6S2. The molecule has 1 aromatic heterocycles. The molecule has 13 heteroatoms. The SMILES string of the molecule is Cc1ccc(S(=O)(=O)N[C@H](Cc2ccccc2)C(=O)NCc2cccc(-c3ccc([C@@H]4O[C@H](CSc5nncn5C)[C@H](C)[C@H](c5ccc(CO)cc5)O4)cc3)c2)cc1. The Kier molecular flexibility index (Phi) is 13.2. The fraction of sp³-hybridized carbons (Fsp3) is 0.267. The van der Waals surface area contributed by atoms with Gasteiger partial charge in [-0.2, -0.15) is 4.72 Å². The van der Waals surface area contributed by atoms with Crippen LogP contribution in [0, 0.1) is 12.8 Å². The number of aliphatic hydroxyl groups is 1. The fourth-order valence-electron chi connectivity index (χ4n) is 6.89. The first kappa shape index (κ1) is 41.0. The van der Waals surface area contributed by atoms with Gasteiger partial charge in [0.2, 0.25) is 15.9 Å². The molecule has 300 valence electrons. The molecule has 0 saturated carbocycles. The smallest absolute Gasteiger partial charge is 0.241 e. The number of hydrogen-bond donors (Lipinski definition) is 3. The van der Waals surface area contributed by atoms with E-state index in [4.69, 9.17) is 9.47 Å². The lowest BCUT2D eigenvalue weighted by Gasteiger charge is -2.41. The first-order chi connectivity index (χ1) is 28.1. The molecule has 0 unspecified atom stereocenters. The Balaban J connectivity index is 1.05. The molecule has 0 aliphatic carbocycles. The van der Waals surface area contributed by atoms with Crippen LogP contribution < -0.4 is 10.0 Å². The lowest BCUT2D eigenvalue weighted by atomic mass is 9.91. The molecule has 58 heavy (non-hydrogen) atoms. The summed E-state index contributed by atoms with van der Waals surface area (Å²) in [4.78, 5) is 13.7. The number of amides is 1. The summed E-state index contributed by atoms with van der Waals surface area (Å²) >= 11 is 1.59. The number of carbonyl (C=O) groups excluding carboxylic acids is 1. The molecule has 1 aliphatic heterocycles. The number of aromatic nitrogens is 3. The molecule has 2 heterocycles. The summed E-state index contributed by atoms with van der Waals surface area (Å²) < 4.78 is 44.5. The van der Waals surface area contributed by atoms with Crippen molar-refractivity contribution >= 4 is 27.7 Å². The Bertz CT molecular complexity index is 2390. The molecular weight excluding hydrogens is 771 g/mol. The Morgan fingerprint density at radius 3 is 2.24 bits per heavy atom. The minimum atomic E-state index is -3.96. The molecule has 0 bridgehead atoms. The van der Waals surface area contributed by atoms with Crippen LogP contribution in [0.3, 0.4) is 0 Å². The summed E-state index contributed by atoms with van der Waals surface area (Å²) in [6, 6.07) is 38.7. The van der Waals surface area contributed by atoms with Crippen LogP contribution in [-0.2, 0) is 50.9 Å². The Hall–Kier alpha value is -5.15. The highest BCUT2D eigenvalue weighted by Gasteiger charge is 2.38. The van der Waals surface area contributed by atoms with Gasteiger partial charge in [0, 0.05) is 30.8 Å². The second kappa shape index (κ2) is 18.6. The van der Waals surface area contributed by atoms with Gasteiger partial charge in [-0.3, -0.25) is 4.79 Å². The highest BCUT2D eigenvalue weighted by Crippen LogP contribution is 2.43. The van der Waals surface area contributed by atoms with Gasteiger partial charge in [-0.1, -0.05) is 133 Å². The van der Waals surface area contributed by atoms with Crippen molar-refractivity contribution in [2.45, 2.75) is 68.0 Å². The van der Waals surface area contributed by atoms with Crippen LogP contribution in [0.2, 0.25) is 0 Å². The number of carbonyl (C=O) groups is 1. The molecule has 0 radical (unpaired) electrons. The average molecular weight is 818 g/mol. The number of hydrogen-bond acceptors (Lipinski definition) is 9. The van der Waals surface area contributed by atoms with Crippen molar-refractivity contribution in [3.05, 3.63) is 167 Å². The van der Waals surface area contributed by atoms with Gasteiger partial charge in [0.25, 0.3) is 0 Å². The zero-order chi connectivity index (χ0) is 40.6. The number of sulfonamides is 1. The summed E-state index contributed by atoms with van der Waals surface area (Å²) in [6.07, 6.45) is 0.858. The highest BCUT2D eigenvalue weighted by molar-refractivity contribution is 7.99. The number of aliphatic hydroxyl groups excluding tert-OH is 1. The van der Waals surface area contributed by atoms with E-state index in [-0.39, 0.29) is 42.6 Å². The van der Waals surface area contributed by atoms with Crippen LogP contribution in [0.15, 0.2) is 144 Å². The maximum absolute atomic E-state index is 13.6. The predicted molar refractivity (Wildman–Crippen MR) is 224 cm³/mol. The van der Waals surface area contributed by atoms with E-state index in [0.717, 1.165) is 49.7 Å². The van der Waals surface area contributed by atoms with Crippen molar-refractivity contribution in [1.82, 2.24) is 24.8 Å². The van der Waals surface area contributed by atoms with Crippen LogP contribution in [0.4, 0.5) is 0 Å². The molecule has 5 atom stereocenters. The largest absolute Gasteiger partial charge is 0.392 e. The van der Waals surface area contributed by atoms with Crippen molar-refractivity contribution in [1.29, 1.82) is 0 Å². The maximum Gasteiger partial charge on any atom is 0.241 e. The number of ether oxygens (including phenoxy) is 2. The highest BCUT2D eigenvalue weighted by atomic mass is 32.2. The van der Waals surface area contributed by atoms with Gasteiger partial charge in [-0.25, -0.2) is 8.42 Å². The summed E-state index contributed by atoms with van der Waals surface area (Å²) in [6.45, 7) is 4.20. The maximum atomic E-state index is 13.6. The van der Waals surface area contributed by atoms with Gasteiger partial charge in [-0.15, -0.1) is 10.2 Å². The number of thioether (sulfide) groups is 1. The monoisotopic (exact) mass is 817 g/mol. The molecule has 5 aromatic carbocycles. The van der Waals surface area contributed by atoms with E-state index >= 15 is 0 Å². The van der Waals surface area contributed by atoms with Crippen LogP contribution >= 0.6 is 11.8 Å². The van der Waals surface area contributed by atoms with Gasteiger partial charge in [0.1, 0.15) is 12.4 Å². The van der Waals surface area contributed by atoms with E-state index in [0.29, 0.717) is 5.75 Å². The first-order valence-corrected chi connectivity index (χ1v) is 21.6. The lowest BCUT2D eigenvalue weighted by molar-refractivity contribution is -0.268. The van der Waals surface area contributed by atoms with Gasteiger partial charge < -0.3 is 24.5 Å². The van der Waals surface area contributed by atoms with Crippen LogP contribution in [0.5, 0.6) is 0 Å². The van der Waals surface area contributed by atoms with Crippen LogP contribution in [0.1, 0.15) is 52.7 Å². The van der Waals surface area contributed by atoms with Gasteiger partial charge in [-0.05, 0) is 64.9 Å². The predicted octanol–water partition coefficient (Wildman–Crippen LogP) is 7.07. The molecule has 7 rings (SSSR count). The Labute approximate surface area is 343 Å². The summed E-state index contributed by atoms with van der Waals surface area (Å²) in [5.41, 5.74) is 7.29. The van der Waals surface area contributed by atoms with Crippen LogP contribution in [0.25, 0.3) is 11.1 Å². The number of aryl methyl sites for hydroxylation is 2. The van der Waals surface area contributed by atoms with Gasteiger partial charge >= 0.3 is 0 Å². The lowest BCUT2D eigenvalue weighted by Crippen LogP contribution is -2.47. The van der Waals surface area contributed by atoms with Crippen molar-refractivity contribution in [2.24, 2.45) is 13.0 Å². The van der Waals surface area contributed by atoms with Crippen molar-refractivity contribution in [3.63, 3.8) is 0 Å². The summed E-state index contributed by atoms with van der Waals surface area (Å²) in [5, 5.41) is 21.6. The Morgan fingerprint density at radius 2 is 1.55 bits per heavy atom. The zero-order valence-corrected chi connectivity index (χ0v) is 34.2. The number of rotatable bonds is 15. The van der Waals surface area contributed by atoms with Gasteiger partial charge in [0.15, 0.2) is 11.4 Å². The molecule has 1 aliphatic rings. The second-order valence-corrected chi connectivity index (χ2v) is 17.3. The van der Waals surface area contributed by atoms with Gasteiger partial charge in [0.05, 0.1) is 23.7 Å². The third-order valence-electron chi connectivity index (χ3n) is 10.3. The molecule has 1 fully saturated rings. The van der Waals surface area contributed by atoms with Crippen molar-refractivity contribution in [2.75, 3.05) is 5.75 Å². The summed E-state index contributed by atoms with van der Waals surface area (Å²) in [5.74, 6) is 0.264. The fourth-order valence-corrected chi connectivity index (χ4v) is 9.13. The van der Waals surface area contributed by atoms with E-state index in [1.807, 2.05) is 122 Å². The van der Waals surface area contributed by atoms with E-state index in [9.17, 15) is 18.3 Å². The third-order valence-corrected chi connectivity index (χ3v) is 12.9. The van der Waals surface area contributed by atoms with Crippen LogP contribution in [-0.4, -0.2) is 52.1 Å². The minimum Gasteiger partial charge on any atom is -0.392 e. The molecule has 6 aromatic rings. The molecule has 1 amide bonds.